The Bertz CT molecular complexity index is 1250. The molecule has 3 nitrogen and oxygen atoms in total. The molecule has 29 heavy (non-hydrogen) atoms. The van der Waals surface area contributed by atoms with Crippen molar-refractivity contribution in [2.24, 2.45) is 0 Å². The highest BCUT2D eigenvalue weighted by atomic mass is 32.2. The molecule has 0 bridgehead atoms. The van der Waals surface area contributed by atoms with Crippen LogP contribution in [0.2, 0.25) is 0 Å². The second-order valence-corrected chi connectivity index (χ2v) is 9.08. The van der Waals surface area contributed by atoms with E-state index >= 15 is 0 Å². The number of fused-ring (bicyclic) bond motifs is 1. The lowest BCUT2D eigenvalue weighted by atomic mass is 10.0. The van der Waals surface area contributed by atoms with Crippen LogP contribution < -0.4 is 0 Å². The molecule has 0 spiro atoms. The van der Waals surface area contributed by atoms with Gasteiger partial charge in [0.25, 0.3) is 0 Å². The third-order valence-corrected chi connectivity index (χ3v) is 7.16. The van der Waals surface area contributed by atoms with E-state index in [1.165, 1.54) is 0 Å². The number of rotatable bonds is 6. The number of benzene rings is 4. The molecule has 0 aliphatic rings. The van der Waals surface area contributed by atoms with Crippen molar-refractivity contribution in [3.8, 4) is 0 Å². The number of hydrogen-bond acceptors (Lipinski definition) is 3. The van der Waals surface area contributed by atoms with Crippen molar-refractivity contribution < 1.29 is 13.2 Å². The number of carbonyl (C=O) groups excluding carboxylic acids is 1. The Kier molecular flexibility index (Phi) is 5.28. The second kappa shape index (κ2) is 8.02. The fourth-order valence-corrected chi connectivity index (χ4v) is 5.26. The van der Waals surface area contributed by atoms with Crippen LogP contribution in [0.3, 0.4) is 0 Å². The summed E-state index contributed by atoms with van der Waals surface area (Å²) in [6.07, 6.45) is -0.108. The average Bonchev–Trinajstić information content (AvgIpc) is 2.78. The first-order valence-corrected chi connectivity index (χ1v) is 11.0. The Hall–Kier alpha value is -3.24. The van der Waals surface area contributed by atoms with Gasteiger partial charge >= 0.3 is 0 Å². The van der Waals surface area contributed by atoms with Crippen LogP contribution in [-0.2, 0) is 9.84 Å². The van der Waals surface area contributed by atoms with Gasteiger partial charge in [0.15, 0.2) is 15.6 Å². The van der Waals surface area contributed by atoms with Gasteiger partial charge in [-0.3, -0.25) is 4.79 Å². The SMILES string of the molecule is O=C(C[C@H](c1ccccc1)S(=O)(=O)c1ccc2ccccc2c1)c1ccccc1. The van der Waals surface area contributed by atoms with Crippen LogP contribution in [0, 0.1) is 0 Å². The molecule has 144 valence electrons. The third kappa shape index (κ3) is 3.98. The molecule has 0 unspecified atom stereocenters. The maximum atomic E-state index is 13.6. The van der Waals surface area contributed by atoms with Gasteiger partial charge in [-0.15, -0.1) is 0 Å². The summed E-state index contributed by atoms with van der Waals surface area (Å²) in [6.45, 7) is 0. The van der Waals surface area contributed by atoms with E-state index in [-0.39, 0.29) is 17.1 Å². The van der Waals surface area contributed by atoms with Crippen LogP contribution >= 0.6 is 0 Å². The van der Waals surface area contributed by atoms with Crippen molar-refractivity contribution in [2.45, 2.75) is 16.6 Å². The Morgan fingerprint density at radius 3 is 1.97 bits per heavy atom. The zero-order valence-electron chi connectivity index (χ0n) is 15.7. The standard InChI is InChI=1S/C25H20O3S/c26-24(20-10-3-1-4-11-20)18-25(21-12-5-2-6-13-21)29(27,28)23-16-15-19-9-7-8-14-22(19)17-23/h1-17,25H,18H2/t25-/m1/s1. The van der Waals surface area contributed by atoms with Crippen molar-refractivity contribution in [1.82, 2.24) is 0 Å². The lowest BCUT2D eigenvalue weighted by molar-refractivity contribution is 0.0980. The summed E-state index contributed by atoms with van der Waals surface area (Å²) in [5.41, 5.74) is 1.13. The van der Waals surface area contributed by atoms with Crippen LogP contribution in [-0.4, -0.2) is 14.2 Å². The number of hydrogen-bond donors (Lipinski definition) is 0. The second-order valence-electron chi connectivity index (χ2n) is 6.95. The van der Waals surface area contributed by atoms with Gasteiger partial charge < -0.3 is 0 Å². The molecule has 0 amide bonds. The van der Waals surface area contributed by atoms with Gasteiger partial charge in [-0.05, 0) is 28.5 Å². The van der Waals surface area contributed by atoms with E-state index in [1.54, 1.807) is 60.7 Å². The first-order chi connectivity index (χ1) is 14.1. The summed E-state index contributed by atoms with van der Waals surface area (Å²) in [5, 5.41) is 0.885. The minimum atomic E-state index is -3.77. The average molecular weight is 400 g/mol. The van der Waals surface area contributed by atoms with Gasteiger partial charge in [0, 0.05) is 12.0 Å². The zero-order valence-corrected chi connectivity index (χ0v) is 16.5. The van der Waals surface area contributed by atoms with Gasteiger partial charge in [-0.2, -0.15) is 0 Å². The molecule has 4 rings (SSSR count). The smallest absolute Gasteiger partial charge is 0.185 e. The van der Waals surface area contributed by atoms with Crippen LogP contribution in [0.5, 0.6) is 0 Å². The molecule has 0 saturated heterocycles. The minimum absolute atomic E-state index is 0.108. The molecule has 0 fully saturated rings. The Morgan fingerprint density at radius 2 is 1.28 bits per heavy atom. The number of carbonyl (C=O) groups is 1. The van der Waals surface area contributed by atoms with Crippen molar-refractivity contribution in [1.29, 1.82) is 0 Å². The molecule has 0 aliphatic carbocycles. The predicted octanol–water partition coefficient (Wildman–Crippen LogP) is 5.63. The number of Topliss-reactive ketones (excluding diaryl/α,β-unsaturated/α-hetero) is 1. The highest BCUT2D eigenvalue weighted by Crippen LogP contribution is 2.34. The minimum Gasteiger partial charge on any atom is -0.294 e. The fourth-order valence-electron chi connectivity index (χ4n) is 3.49. The first kappa shape index (κ1) is 19.1. The Labute approximate surface area is 170 Å². The quantitative estimate of drug-likeness (QED) is 0.394. The van der Waals surface area contributed by atoms with E-state index in [0.717, 1.165) is 10.8 Å². The summed E-state index contributed by atoms with van der Waals surface area (Å²) in [6, 6.07) is 30.5. The fraction of sp³-hybridized carbons (Fsp3) is 0.0800. The van der Waals surface area contributed by atoms with Crippen molar-refractivity contribution >= 4 is 26.4 Å². The lowest BCUT2D eigenvalue weighted by Crippen LogP contribution is -2.18. The van der Waals surface area contributed by atoms with Gasteiger partial charge in [-0.1, -0.05) is 91.0 Å². The summed E-state index contributed by atoms with van der Waals surface area (Å²) < 4.78 is 27.2. The maximum Gasteiger partial charge on any atom is 0.185 e. The van der Waals surface area contributed by atoms with E-state index in [1.807, 2.05) is 42.5 Å². The monoisotopic (exact) mass is 400 g/mol. The molecule has 0 N–H and O–H groups in total. The molecule has 4 aromatic rings. The van der Waals surface area contributed by atoms with Gasteiger partial charge in [0.1, 0.15) is 0 Å². The summed E-state index contributed by atoms with van der Waals surface area (Å²) >= 11 is 0. The highest BCUT2D eigenvalue weighted by molar-refractivity contribution is 7.91. The molecule has 0 aromatic heterocycles. The molecule has 0 radical (unpaired) electrons. The molecule has 0 heterocycles. The Balaban J connectivity index is 1.77. The largest absolute Gasteiger partial charge is 0.294 e. The predicted molar refractivity (Wildman–Crippen MR) is 116 cm³/mol. The van der Waals surface area contributed by atoms with E-state index in [2.05, 4.69) is 0 Å². The number of ketones is 1. The molecule has 4 aromatic carbocycles. The maximum absolute atomic E-state index is 13.6. The molecular formula is C25H20O3S. The molecule has 4 heteroatoms. The van der Waals surface area contributed by atoms with E-state index < -0.39 is 15.1 Å². The third-order valence-electron chi connectivity index (χ3n) is 5.06. The topological polar surface area (TPSA) is 51.2 Å². The summed E-state index contributed by atoms with van der Waals surface area (Å²) in [7, 11) is -3.77. The lowest BCUT2D eigenvalue weighted by Gasteiger charge is -2.18. The van der Waals surface area contributed by atoms with E-state index in [0.29, 0.717) is 11.1 Å². The first-order valence-electron chi connectivity index (χ1n) is 9.41. The van der Waals surface area contributed by atoms with Crippen LogP contribution in [0.25, 0.3) is 10.8 Å². The van der Waals surface area contributed by atoms with Crippen LogP contribution in [0.4, 0.5) is 0 Å². The van der Waals surface area contributed by atoms with Crippen molar-refractivity contribution in [3.05, 3.63) is 114 Å². The zero-order chi connectivity index (χ0) is 20.3. The van der Waals surface area contributed by atoms with Crippen LogP contribution in [0.15, 0.2) is 108 Å². The molecular weight excluding hydrogens is 380 g/mol. The summed E-state index contributed by atoms with van der Waals surface area (Å²) in [5.74, 6) is -0.191. The van der Waals surface area contributed by atoms with E-state index in [4.69, 9.17) is 0 Å². The van der Waals surface area contributed by atoms with E-state index in [9.17, 15) is 13.2 Å². The number of sulfone groups is 1. The van der Waals surface area contributed by atoms with Gasteiger partial charge in [-0.25, -0.2) is 8.42 Å². The van der Waals surface area contributed by atoms with Crippen molar-refractivity contribution in [3.63, 3.8) is 0 Å². The highest BCUT2D eigenvalue weighted by Gasteiger charge is 2.31. The molecule has 1 atom stereocenters. The molecule has 0 saturated carbocycles. The molecule has 0 aliphatic heterocycles. The van der Waals surface area contributed by atoms with Gasteiger partial charge in [0.2, 0.25) is 0 Å². The van der Waals surface area contributed by atoms with Crippen LogP contribution in [0.1, 0.15) is 27.6 Å². The summed E-state index contributed by atoms with van der Waals surface area (Å²) in [4.78, 5) is 13.1. The van der Waals surface area contributed by atoms with Gasteiger partial charge in [0.05, 0.1) is 10.1 Å². The Morgan fingerprint density at radius 1 is 0.690 bits per heavy atom. The van der Waals surface area contributed by atoms with Crippen molar-refractivity contribution in [2.75, 3.05) is 0 Å². The normalized spacial score (nSPS) is 12.6.